The Morgan fingerprint density at radius 1 is 1.64 bits per heavy atom. The van der Waals surface area contributed by atoms with E-state index in [-0.39, 0.29) is 10.7 Å². The van der Waals surface area contributed by atoms with Crippen LogP contribution in [0.4, 0.5) is 11.4 Å². The first-order chi connectivity index (χ1) is 6.65. The Morgan fingerprint density at radius 3 is 2.93 bits per heavy atom. The highest BCUT2D eigenvalue weighted by atomic mass is 35.5. The summed E-state index contributed by atoms with van der Waals surface area (Å²) in [5.41, 5.74) is 0.452. The molecule has 0 aliphatic rings. The SMILES string of the molecule is C#CCNc1ccc(Cl)c([N+](=O)[O-])c1. The van der Waals surface area contributed by atoms with Gasteiger partial charge in [0, 0.05) is 11.8 Å². The van der Waals surface area contributed by atoms with Crippen molar-refractivity contribution in [2.24, 2.45) is 0 Å². The lowest BCUT2D eigenvalue weighted by Crippen LogP contribution is -1.99. The zero-order valence-corrected chi connectivity index (χ0v) is 7.91. The van der Waals surface area contributed by atoms with Crippen molar-refractivity contribution in [2.45, 2.75) is 0 Å². The second kappa shape index (κ2) is 4.49. The molecule has 0 aliphatic carbocycles. The normalized spacial score (nSPS) is 9.14. The van der Waals surface area contributed by atoms with Crippen molar-refractivity contribution < 1.29 is 4.92 Å². The van der Waals surface area contributed by atoms with Crippen LogP contribution in [0.1, 0.15) is 0 Å². The minimum atomic E-state index is -0.538. The Balaban J connectivity index is 2.96. The summed E-state index contributed by atoms with van der Waals surface area (Å²) < 4.78 is 0. The third-order valence-corrected chi connectivity index (χ3v) is 1.86. The summed E-state index contributed by atoms with van der Waals surface area (Å²) in [4.78, 5) is 9.96. The van der Waals surface area contributed by atoms with E-state index in [0.29, 0.717) is 12.2 Å². The molecule has 1 aromatic rings. The topological polar surface area (TPSA) is 55.2 Å². The molecular weight excluding hydrogens is 204 g/mol. The summed E-state index contributed by atoms with van der Waals surface area (Å²) in [7, 11) is 0. The maximum atomic E-state index is 10.5. The lowest BCUT2D eigenvalue weighted by Gasteiger charge is -2.02. The molecule has 0 amide bonds. The van der Waals surface area contributed by atoms with Crippen LogP contribution in [0, 0.1) is 22.5 Å². The predicted molar refractivity (Wildman–Crippen MR) is 55.4 cm³/mol. The minimum absolute atomic E-state index is 0.112. The molecule has 0 aliphatic heterocycles. The number of halogens is 1. The quantitative estimate of drug-likeness (QED) is 0.473. The molecule has 0 fully saturated rings. The number of hydrogen-bond donors (Lipinski definition) is 1. The van der Waals surface area contributed by atoms with Crippen LogP contribution in [0.15, 0.2) is 18.2 Å². The van der Waals surface area contributed by atoms with E-state index in [1.54, 1.807) is 6.07 Å². The van der Waals surface area contributed by atoms with E-state index < -0.39 is 4.92 Å². The van der Waals surface area contributed by atoms with Crippen LogP contribution in [-0.4, -0.2) is 11.5 Å². The third-order valence-electron chi connectivity index (χ3n) is 1.54. The molecule has 0 heterocycles. The lowest BCUT2D eigenvalue weighted by atomic mass is 10.3. The van der Waals surface area contributed by atoms with E-state index in [0.717, 1.165) is 0 Å². The zero-order valence-electron chi connectivity index (χ0n) is 7.16. The van der Waals surface area contributed by atoms with Crippen LogP contribution in [0.3, 0.4) is 0 Å². The Labute approximate surface area is 86.0 Å². The van der Waals surface area contributed by atoms with Gasteiger partial charge in [-0.2, -0.15) is 0 Å². The minimum Gasteiger partial charge on any atom is -0.374 e. The molecule has 14 heavy (non-hydrogen) atoms. The fourth-order valence-corrected chi connectivity index (χ4v) is 1.10. The van der Waals surface area contributed by atoms with Crippen molar-refractivity contribution in [2.75, 3.05) is 11.9 Å². The average Bonchev–Trinajstić information content (AvgIpc) is 2.16. The molecule has 1 N–H and O–H groups in total. The van der Waals surface area contributed by atoms with Crippen LogP contribution in [0.2, 0.25) is 5.02 Å². The van der Waals surface area contributed by atoms with Crippen molar-refractivity contribution in [1.82, 2.24) is 0 Å². The molecule has 72 valence electrons. The van der Waals surface area contributed by atoms with Gasteiger partial charge in [0.25, 0.3) is 5.69 Å². The largest absolute Gasteiger partial charge is 0.374 e. The van der Waals surface area contributed by atoms with Gasteiger partial charge >= 0.3 is 0 Å². The summed E-state index contributed by atoms with van der Waals surface area (Å²) in [6.07, 6.45) is 5.03. The molecule has 0 atom stereocenters. The van der Waals surface area contributed by atoms with E-state index in [1.165, 1.54) is 12.1 Å². The molecule has 0 unspecified atom stereocenters. The molecule has 1 aromatic carbocycles. The molecular formula is C9H7ClN2O2. The van der Waals surface area contributed by atoms with Gasteiger partial charge in [0.2, 0.25) is 0 Å². The maximum Gasteiger partial charge on any atom is 0.289 e. The van der Waals surface area contributed by atoms with Gasteiger partial charge in [0.1, 0.15) is 5.02 Å². The van der Waals surface area contributed by atoms with Gasteiger partial charge in [-0.1, -0.05) is 17.5 Å². The second-order valence-electron chi connectivity index (χ2n) is 2.48. The Morgan fingerprint density at radius 2 is 2.36 bits per heavy atom. The number of nitrogens with one attached hydrogen (secondary N) is 1. The standard InChI is InChI=1S/C9H7ClN2O2/c1-2-5-11-7-3-4-8(10)9(6-7)12(13)14/h1,3-4,6,11H,5H2. The molecule has 0 saturated carbocycles. The molecule has 0 spiro atoms. The molecule has 1 rings (SSSR count). The number of hydrogen-bond acceptors (Lipinski definition) is 3. The van der Waals surface area contributed by atoms with Gasteiger partial charge < -0.3 is 5.32 Å². The first kappa shape index (κ1) is 10.4. The van der Waals surface area contributed by atoms with E-state index in [9.17, 15) is 10.1 Å². The number of nitrogens with zero attached hydrogens (tertiary/aromatic N) is 1. The smallest absolute Gasteiger partial charge is 0.289 e. The summed E-state index contributed by atoms with van der Waals surface area (Å²) in [6.45, 7) is 0.318. The monoisotopic (exact) mass is 210 g/mol. The van der Waals surface area contributed by atoms with E-state index in [2.05, 4.69) is 11.2 Å². The van der Waals surface area contributed by atoms with Gasteiger partial charge in [0.05, 0.1) is 11.5 Å². The lowest BCUT2D eigenvalue weighted by molar-refractivity contribution is -0.384. The van der Waals surface area contributed by atoms with Gasteiger partial charge in [0.15, 0.2) is 0 Å². The van der Waals surface area contributed by atoms with Crippen LogP contribution < -0.4 is 5.32 Å². The van der Waals surface area contributed by atoms with Crippen molar-refractivity contribution >= 4 is 23.0 Å². The van der Waals surface area contributed by atoms with Gasteiger partial charge in [-0.15, -0.1) is 6.42 Å². The molecule has 0 aromatic heterocycles. The van der Waals surface area contributed by atoms with Crippen LogP contribution in [-0.2, 0) is 0 Å². The van der Waals surface area contributed by atoms with Crippen LogP contribution in [0.25, 0.3) is 0 Å². The van der Waals surface area contributed by atoms with Gasteiger partial charge in [-0.25, -0.2) is 0 Å². The molecule has 0 bridgehead atoms. The molecule has 5 heteroatoms. The summed E-state index contributed by atoms with van der Waals surface area (Å²) in [5, 5.41) is 13.4. The second-order valence-corrected chi connectivity index (χ2v) is 2.89. The van der Waals surface area contributed by atoms with Gasteiger partial charge in [-0.05, 0) is 12.1 Å². The van der Waals surface area contributed by atoms with Crippen molar-refractivity contribution in [3.8, 4) is 12.3 Å². The third kappa shape index (κ3) is 2.38. The molecule has 4 nitrogen and oxygen atoms in total. The van der Waals surface area contributed by atoms with Crippen molar-refractivity contribution in [3.63, 3.8) is 0 Å². The van der Waals surface area contributed by atoms with Crippen molar-refractivity contribution in [1.29, 1.82) is 0 Å². The summed E-state index contributed by atoms with van der Waals surface area (Å²) in [6, 6.07) is 4.44. The summed E-state index contributed by atoms with van der Waals surface area (Å²) in [5.74, 6) is 2.37. The summed E-state index contributed by atoms with van der Waals surface area (Å²) >= 11 is 5.62. The predicted octanol–water partition coefficient (Wildman–Crippen LogP) is 2.29. The fourth-order valence-electron chi connectivity index (χ4n) is 0.916. The van der Waals surface area contributed by atoms with E-state index in [1.807, 2.05) is 0 Å². The first-order valence-electron chi connectivity index (χ1n) is 3.76. The Bertz CT molecular complexity index is 398. The fraction of sp³-hybridized carbons (Fsp3) is 0.111. The number of anilines is 1. The number of nitro benzene ring substituents is 1. The van der Waals surface area contributed by atoms with Crippen LogP contribution >= 0.6 is 11.6 Å². The highest BCUT2D eigenvalue weighted by Gasteiger charge is 2.11. The Kier molecular flexibility index (Phi) is 3.32. The highest BCUT2D eigenvalue weighted by molar-refractivity contribution is 6.32. The van der Waals surface area contributed by atoms with Crippen molar-refractivity contribution in [3.05, 3.63) is 33.3 Å². The highest BCUT2D eigenvalue weighted by Crippen LogP contribution is 2.27. The maximum absolute atomic E-state index is 10.5. The van der Waals surface area contributed by atoms with Gasteiger partial charge in [-0.3, -0.25) is 10.1 Å². The number of terminal acetylenes is 1. The average molecular weight is 211 g/mol. The number of benzene rings is 1. The Hall–Kier alpha value is -1.73. The zero-order chi connectivity index (χ0) is 10.6. The molecule has 0 radical (unpaired) electrons. The van der Waals surface area contributed by atoms with E-state index in [4.69, 9.17) is 18.0 Å². The van der Waals surface area contributed by atoms with Crippen LogP contribution in [0.5, 0.6) is 0 Å². The molecule has 0 saturated heterocycles. The first-order valence-corrected chi connectivity index (χ1v) is 4.14. The van der Waals surface area contributed by atoms with E-state index >= 15 is 0 Å². The number of rotatable bonds is 3. The number of nitro groups is 1.